The van der Waals surface area contributed by atoms with Crippen molar-refractivity contribution in [1.82, 2.24) is 4.90 Å². The minimum Gasteiger partial charge on any atom is -0.466 e. The predicted octanol–water partition coefficient (Wildman–Crippen LogP) is 4.41. The summed E-state index contributed by atoms with van der Waals surface area (Å²) in [7, 11) is 1.36. The first kappa shape index (κ1) is 20.7. The second-order valence-electron chi connectivity index (χ2n) is 5.88. The molecule has 0 atom stereocenters. The van der Waals surface area contributed by atoms with Crippen molar-refractivity contribution in [2.45, 2.75) is 18.7 Å². The van der Waals surface area contributed by atoms with E-state index in [0.29, 0.717) is 15.8 Å². The maximum absolute atomic E-state index is 12.4. The molecular formula is C20H20N2O3S3. The molecule has 0 N–H and O–H groups in total. The first-order chi connectivity index (χ1) is 13.5. The lowest BCUT2D eigenvalue weighted by atomic mass is 10.2. The summed E-state index contributed by atoms with van der Waals surface area (Å²) in [6, 6.07) is 6.05. The fourth-order valence-corrected chi connectivity index (χ4v) is 5.34. The van der Waals surface area contributed by atoms with Gasteiger partial charge in [-0.15, -0.1) is 0 Å². The minimum absolute atomic E-state index is 0.0341. The van der Waals surface area contributed by atoms with Crippen LogP contribution in [0, 0.1) is 0 Å². The third kappa shape index (κ3) is 4.19. The number of thiocarbonyl (C=S) groups is 1. The normalized spacial score (nSPS) is 19.4. The zero-order valence-corrected chi connectivity index (χ0v) is 18.2. The molecule has 1 amide bonds. The highest BCUT2D eigenvalue weighted by molar-refractivity contribution is 8.26. The third-order valence-corrected chi connectivity index (χ3v) is 6.76. The number of carbonyl (C=O) groups is 2. The lowest BCUT2D eigenvalue weighted by Crippen LogP contribution is -2.27. The van der Waals surface area contributed by atoms with E-state index >= 15 is 0 Å². The second-order valence-corrected chi connectivity index (χ2v) is 8.62. The van der Waals surface area contributed by atoms with Crippen LogP contribution in [0.1, 0.15) is 19.4 Å². The minimum atomic E-state index is -0.381. The molecule has 1 saturated heterocycles. The number of nitrogens with zero attached hydrogens (tertiary/aromatic N) is 2. The van der Waals surface area contributed by atoms with Gasteiger partial charge in [-0.05, 0) is 49.8 Å². The van der Waals surface area contributed by atoms with Crippen molar-refractivity contribution in [2.75, 3.05) is 25.1 Å². The molecule has 1 fully saturated rings. The molecule has 2 aliphatic rings. The Morgan fingerprint density at radius 1 is 1.18 bits per heavy atom. The summed E-state index contributed by atoms with van der Waals surface area (Å²) in [5.41, 5.74) is 2.04. The van der Waals surface area contributed by atoms with Crippen molar-refractivity contribution in [3.8, 4) is 0 Å². The summed E-state index contributed by atoms with van der Waals surface area (Å²) in [6.45, 7) is 5.40. The summed E-state index contributed by atoms with van der Waals surface area (Å²) in [6.07, 6.45) is 6.97. The van der Waals surface area contributed by atoms with Gasteiger partial charge >= 0.3 is 5.97 Å². The fraction of sp³-hybridized carbons (Fsp3) is 0.250. The summed E-state index contributed by atoms with van der Waals surface area (Å²) in [4.78, 5) is 29.2. The second kappa shape index (κ2) is 8.98. The van der Waals surface area contributed by atoms with Crippen LogP contribution in [0.15, 0.2) is 51.3 Å². The number of anilines is 1. The molecule has 0 aromatic heterocycles. The van der Waals surface area contributed by atoms with Crippen molar-refractivity contribution in [3.05, 3.63) is 51.9 Å². The lowest BCUT2D eigenvalue weighted by molar-refractivity contribution is -0.134. The van der Waals surface area contributed by atoms with Crippen molar-refractivity contribution in [1.29, 1.82) is 0 Å². The Morgan fingerprint density at radius 2 is 1.93 bits per heavy atom. The molecule has 8 heteroatoms. The van der Waals surface area contributed by atoms with Crippen molar-refractivity contribution < 1.29 is 14.3 Å². The highest BCUT2D eigenvalue weighted by Gasteiger charge is 2.30. The number of ether oxygens (including phenoxy) is 1. The van der Waals surface area contributed by atoms with E-state index in [1.165, 1.54) is 24.9 Å². The highest BCUT2D eigenvalue weighted by Crippen LogP contribution is 2.46. The number of fused-ring (bicyclic) bond motifs is 1. The first-order valence-electron chi connectivity index (χ1n) is 8.79. The van der Waals surface area contributed by atoms with E-state index in [9.17, 15) is 9.59 Å². The first-order valence-corrected chi connectivity index (χ1v) is 10.8. The number of likely N-dealkylation sites (N-methyl/N-ethyl adjacent to an activating group) is 1. The number of allylic oxidation sites excluding steroid dienone is 2. The molecular weight excluding hydrogens is 412 g/mol. The van der Waals surface area contributed by atoms with Crippen LogP contribution < -0.4 is 4.90 Å². The van der Waals surface area contributed by atoms with Gasteiger partial charge in [0, 0.05) is 24.1 Å². The zero-order chi connectivity index (χ0) is 20.3. The van der Waals surface area contributed by atoms with Crippen LogP contribution in [-0.2, 0) is 14.3 Å². The van der Waals surface area contributed by atoms with Crippen LogP contribution in [0.3, 0.4) is 0 Å². The van der Waals surface area contributed by atoms with E-state index in [-0.39, 0.29) is 11.9 Å². The van der Waals surface area contributed by atoms with Gasteiger partial charge in [-0.25, -0.2) is 4.79 Å². The number of methoxy groups -OCH3 is 1. The average molecular weight is 433 g/mol. The maximum Gasteiger partial charge on any atom is 0.330 e. The molecule has 1 aromatic rings. The predicted molar refractivity (Wildman–Crippen MR) is 120 cm³/mol. The van der Waals surface area contributed by atoms with Gasteiger partial charge in [0.1, 0.15) is 4.32 Å². The van der Waals surface area contributed by atoms with Crippen molar-refractivity contribution in [3.63, 3.8) is 0 Å². The summed E-state index contributed by atoms with van der Waals surface area (Å²) in [5, 5.41) is 1.05. The number of hydrogen-bond donors (Lipinski definition) is 0. The Kier molecular flexibility index (Phi) is 6.64. The maximum atomic E-state index is 12.4. The van der Waals surface area contributed by atoms with Gasteiger partial charge in [0.05, 0.1) is 22.7 Å². The number of esters is 1. The molecule has 3 rings (SSSR count). The van der Waals surface area contributed by atoms with E-state index < -0.39 is 0 Å². The van der Waals surface area contributed by atoms with Crippen LogP contribution in [0.5, 0.6) is 0 Å². The smallest absolute Gasteiger partial charge is 0.330 e. The standard InChI is InChI=1S/C20H20N2O3S3/c1-4-21-14-8-6-13(7-11-18(23)25-3)12-16(14)27-17(21)10-9-15-19(24)22(5-2)20(26)28-15/h6-12H,4-5H2,1-3H3/b11-7+,15-9+,17-10-. The molecule has 5 nitrogen and oxygen atoms in total. The summed E-state index contributed by atoms with van der Waals surface area (Å²) in [5.74, 6) is -0.415. The zero-order valence-electron chi connectivity index (χ0n) is 15.8. The molecule has 0 spiro atoms. The average Bonchev–Trinajstić information content (AvgIpc) is 3.19. The Bertz CT molecular complexity index is 921. The molecule has 0 bridgehead atoms. The fourth-order valence-electron chi connectivity index (χ4n) is 2.84. The molecule has 2 heterocycles. The number of benzene rings is 1. The monoisotopic (exact) mass is 432 g/mol. The molecule has 0 radical (unpaired) electrons. The van der Waals surface area contributed by atoms with E-state index in [1.807, 2.05) is 37.3 Å². The Balaban J connectivity index is 1.84. The quantitative estimate of drug-likeness (QED) is 0.388. The number of rotatable bonds is 5. The lowest BCUT2D eigenvalue weighted by Gasteiger charge is -2.17. The summed E-state index contributed by atoms with van der Waals surface area (Å²) < 4.78 is 5.24. The molecule has 1 aromatic carbocycles. The van der Waals surface area contributed by atoms with Crippen molar-refractivity contribution in [2.24, 2.45) is 0 Å². The molecule has 0 aliphatic carbocycles. The molecule has 0 unspecified atom stereocenters. The van der Waals surface area contributed by atoms with Crippen molar-refractivity contribution >= 4 is 63.7 Å². The van der Waals surface area contributed by atoms with E-state index in [2.05, 4.69) is 16.6 Å². The van der Waals surface area contributed by atoms with Gasteiger partial charge in [-0.3, -0.25) is 9.69 Å². The third-order valence-electron chi connectivity index (χ3n) is 4.25. The van der Waals surface area contributed by atoms with Gasteiger partial charge in [0.2, 0.25) is 0 Å². The van der Waals surface area contributed by atoms with E-state index in [0.717, 1.165) is 27.7 Å². The molecule has 146 valence electrons. The Morgan fingerprint density at radius 3 is 2.57 bits per heavy atom. The number of carbonyl (C=O) groups excluding carboxylic acids is 2. The largest absolute Gasteiger partial charge is 0.466 e. The van der Waals surface area contributed by atoms with Gasteiger partial charge < -0.3 is 9.64 Å². The van der Waals surface area contributed by atoms with Crippen LogP contribution in [-0.4, -0.2) is 41.3 Å². The molecule has 2 aliphatic heterocycles. The van der Waals surface area contributed by atoms with Gasteiger partial charge in [0.15, 0.2) is 0 Å². The SMILES string of the molecule is CCN1C(=O)/C(=C\C=C2/Sc3cc(/C=C/C(=O)OC)ccc3N2CC)SC1=S. The van der Waals surface area contributed by atoms with Crippen LogP contribution >= 0.6 is 35.7 Å². The van der Waals surface area contributed by atoms with Gasteiger partial charge in [-0.2, -0.15) is 0 Å². The van der Waals surface area contributed by atoms with Crippen LogP contribution in [0.2, 0.25) is 0 Å². The summed E-state index contributed by atoms with van der Waals surface area (Å²) >= 11 is 8.24. The molecule has 28 heavy (non-hydrogen) atoms. The number of amides is 1. The highest BCUT2D eigenvalue weighted by atomic mass is 32.2. The number of thioether (sulfide) groups is 2. The Hall–Kier alpha value is -2.03. The van der Waals surface area contributed by atoms with Gasteiger partial charge in [-0.1, -0.05) is 41.8 Å². The van der Waals surface area contributed by atoms with Crippen LogP contribution in [0.4, 0.5) is 5.69 Å². The molecule has 0 saturated carbocycles. The van der Waals surface area contributed by atoms with E-state index in [4.69, 9.17) is 12.2 Å². The number of hydrogen-bond acceptors (Lipinski definition) is 7. The Labute approximate surface area is 178 Å². The van der Waals surface area contributed by atoms with Crippen LogP contribution in [0.25, 0.3) is 6.08 Å². The van der Waals surface area contributed by atoms with Gasteiger partial charge in [0.25, 0.3) is 5.91 Å². The van der Waals surface area contributed by atoms with E-state index in [1.54, 1.807) is 22.7 Å². The topological polar surface area (TPSA) is 49.9 Å².